The molecule has 0 aliphatic carbocycles. The number of sulfone groups is 1. The second-order valence-corrected chi connectivity index (χ2v) is 7.52. The number of fused-ring (bicyclic) bond motifs is 1. The fourth-order valence-electron chi connectivity index (χ4n) is 2.22. The molecule has 0 unspecified atom stereocenters. The van der Waals surface area contributed by atoms with Gasteiger partial charge in [0, 0.05) is 23.0 Å². The molecule has 0 spiro atoms. The van der Waals surface area contributed by atoms with Gasteiger partial charge in [0.25, 0.3) is 0 Å². The third kappa shape index (κ3) is 3.61. The summed E-state index contributed by atoms with van der Waals surface area (Å²) in [5.41, 5.74) is 0.516. The molecule has 2 aromatic rings. The summed E-state index contributed by atoms with van der Waals surface area (Å²) in [6.07, 6.45) is 1.08. The molecule has 0 bridgehead atoms. The standard InChI is InChI=1S/C17H14ClNO6S/c1-23-17(20)16(26(21,22)13-5-2-11(18)3-6-13)9-19-12-4-7-14-15(8-12)25-10-24-14/h2-9,19H,10H2,1H3. The number of hydrogen-bond donors (Lipinski definition) is 1. The van der Waals surface area contributed by atoms with Crippen molar-refractivity contribution in [3.05, 3.63) is 58.6 Å². The Balaban J connectivity index is 1.94. The van der Waals surface area contributed by atoms with E-state index in [9.17, 15) is 13.2 Å². The van der Waals surface area contributed by atoms with Crippen molar-refractivity contribution in [3.8, 4) is 11.5 Å². The first kappa shape index (κ1) is 18.1. The van der Waals surface area contributed by atoms with Gasteiger partial charge in [-0.3, -0.25) is 0 Å². The van der Waals surface area contributed by atoms with Crippen LogP contribution in [0.2, 0.25) is 5.02 Å². The molecule has 1 aliphatic rings. The van der Waals surface area contributed by atoms with Gasteiger partial charge in [0.2, 0.25) is 16.6 Å². The van der Waals surface area contributed by atoms with E-state index in [-0.39, 0.29) is 11.7 Å². The van der Waals surface area contributed by atoms with Crippen LogP contribution in [0.25, 0.3) is 0 Å². The van der Waals surface area contributed by atoms with Crippen molar-refractivity contribution >= 4 is 33.1 Å². The van der Waals surface area contributed by atoms with Crippen LogP contribution in [-0.2, 0) is 19.4 Å². The third-order valence-electron chi connectivity index (χ3n) is 3.54. The van der Waals surface area contributed by atoms with Crippen LogP contribution in [0, 0.1) is 0 Å². The zero-order chi connectivity index (χ0) is 18.7. The molecule has 0 saturated heterocycles. The highest BCUT2D eigenvalue weighted by molar-refractivity contribution is 7.96. The lowest BCUT2D eigenvalue weighted by atomic mass is 10.3. The highest BCUT2D eigenvalue weighted by atomic mass is 35.5. The number of carbonyl (C=O) groups is 1. The molecular weight excluding hydrogens is 382 g/mol. The molecule has 1 N–H and O–H groups in total. The van der Waals surface area contributed by atoms with Crippen LogP contribution in [-0.4, -0.2) is 28.3 Å². The van der Waals surface area contributed by atoms with Crippen molar-refractivity contribution in [2.75, 3.05) is 19.2 Å². The van der Waals surface area contributed by atoms with Gasteiger partial charge in [-0.2, -0.15) is 0 Å². The number of rotatable bonds is 5. The predicted octanol–water partition coefficient (Wildman–Crippen LogP) is 2.97. The average molecular weight is 396 g/mol. The number of nitrogens with one attached hydrogen (secondary N) is 1. The molecule has 0 radical (unpaired) electrons. The topological polar surface area (TPSA) is 90.9 Å². The number of anilines is 1. The first-order valence-electron chi connectivity index (χ1n) is 7.37. The number of hydrogen-bond acceptors (Lipinski definition) is 7. The van der Waals surface area contributed by atoms with E-state index in [1.165, 1.54) is 24.3 Å². The normalized spacial score (nSPS) is 13.4. The van der Waals surface area contributed by atoms with E-state index in [4.69, 9.17) is 21.1 Å². The van der Waals surface area contributed by atoms with Crippen LogP contribution in [0.3, 0.4) is 0 Å². The summed E-state index contributed by atoms with van der Waals surface area (Å²) in [4.78, 5) is 11.4. The SMILES string of the molecule is COC(=O)C(=CNc1ccc2c(c1)OCO2)S(=O)(=O)c1ccc(Cl)cc1. The summed E-state index contributed by atoms with van der Waals surface area (Å²) in [6.45, 7) is 0.118. The van der Waals surface area contributed by atoms with Crippen LogP contribution >= 0.6 is 11.6 Å². The second kappa shape index (κ2) is 7.27. The Hall–Kier alpha value is -2.71. The fourth-order valence-corrected chi connectivity index (χ4v) is 3.61. The Bertz CT molecular complexity index is 969. The van der Waals surface area contributed by atoms with Crippen LogP contribution in [0.4, 0.5) is 5.69 Å². The van der Waals surface area contributed by atoms with Gasteiger partial charge in [-0.25, -0.2) is 13.2 Å². The Morgan fingerprint density at radius 3 is 2.54 bits per heavy atom. The van der Waals surface area contributed by atoms with Gasteiger partial charge in [-0.1, -0.05) is 11.6 Å². The minimum atomic E-state index is -4.10. The largest absolute Gasteiger partial charge is 0.465 e. The summed E-state index contributed by atoms with van der Waals surface area (Å²) in [5, 5.41) is 3.15. The van der Waals surface area contributed by atoms with E-state index in [1.54, 1.807) is 18.2 Å². The van der Waals surface area contributed by atoms with Gasteiger partial charge in [0.15, 0.2) is 16.4 Å². The smallest absolute Gasteiger partial charge is 0.351 e. The fraction of sp³-hybridized carbons (Fsp3) is 0.118. The predicted molar refractivity (Wildman–Crippen MR) is 94.9 cm³/mol. The van der Waals surface area contributed by atoms with Crippen molar-refractivity contribution in [2.45, 2.75) is 4.90 Å². The second-order valence-electron chi connectivity index (χ2n) is 5.17. The highest BCUT2D eigenvalue weighted by Crippen LogP contribution is 2.34. The molecule has 0 aromatic heterocycles. The summed E-state index contributed by atoms with van der Waals surface area (Å²) >= 11 is 5.78. The lowest BCUT2D eigenvalue weighted by Gasteiger charge is -2.09. The molecule has 0 amide bonds. The van der Waals surface area contributed by atoms with Gasteiger partial charge in [0.05, 0.1) is 12.0 Å². The zero-order valence-electron chi connectivity index (χ0n) is 13.6. The molecule has 136 valence electrons. The van der Waals surface area contributed by atoms with E-state index in [2.05, 4.69) is 10.1 Å². The maximum atomic E-state index is 12.8. The molecule has 0 saturated carbocycles. The molecule has 1 heterocycles. The number of halogens is 1. The van der Waals surface area contributed by atoms with Crippen LogP contribution < -0.4 is 14.8 Å². The van der Waals surface area contributed by atoms with E-state index >= 15 is 0 Å². The number of esters is 1. The lowest BCUT2D eigenvalue weighted by molar-refractivity contribution is -0.135. The Kier molecular flexibility index (Phi) is 5.06. The maximum absolute atomic E-state index is 12.8. The average Bonchev–Trinajstić information content (AvgIpc) is 3.09. The molecular formula is C17H14ClNO6S. The maximum Gasteiger partial charge on any atom is 0.351 e. The van der Waals surface area contributed by atoms with Gasteiger partial charge in [0.1, 0.15) is 0 Å². The van der Waals surface area contributed by atoms with Crippen LogP contribution in [0.15, 0.2) is 58.5 Å². The Morgan fingerprint density at radius 2 is 1.85 bits per heavy atom. The minimum Gasteiger partial charge on any atom is -0.465 e. The van der Waals surface area contributed by atoms with Crippen molar-refractivity contribution in [2.24, 2.45) is 0 Å². The molecule has 0 atom stereocenters. The van der Waals surface area contributed by atoms with Gasteiger partial charge < -0.3 is 19.5 Å². The number of methoxy groups -OCH3 is 1. The molecule has 26 heavy (non-hydrogen) atoms. The summed E-state index contributed by atoms with van der Waals surface area (Å²) in [7, 11) is -3.00. The van der Waals surface area contributed by atoms with E-state index in [1.807, 2.05) is 0 Å². The van der Waals surface area contributed by atoms with Crippen molar-refractivity contribution < 1.29 is 27.4 Å². The number of carbonyl (C=O) groups excluding carboxylic acids is 1. The third-order valence-corrected chi connectivity index (χ3v) is 5.55. The lowest BCUT2D eigenvalue weighted by Crippen LogP contribution is -2.16. The van der Waals surface area contributed by atoms with Crippen LogP contribution in [0.1, 0.15) is 0 Å². The first-order valence-corrected chi connectivity index (χ1v) is 9.23. The summed E-state index contributed by atoms with van der Waals surface area (Å²) in [5.74, 6) is 0.110. The van der Waals surface area contributed by atoms with Crippen LogP contribution in [0.5, 0.6) is 11.5 Å². The summed E-state index contributed by atoms with van der Waals surface area (Å²) < 4.78 is 40.6. The van der Waals surface area contributed by atoms with Crippen molar-refractivity contribution in [3.63, 3.8) is 0 Å². The molecule has 2 aromatic carbocycles. The summed E-state index contributed by atoms with van der Waals surface area (Å²) in [6, 6.07) is 10.4. The molecule has 3 rings (SSSR count). The van der Waals surface area contributed by atoms with E-state index < -0.39 is 20.7 Å². The van der Waals surface area contributed by atoms with E-state index in [0.717, 1.165) is 13.3 Å². The monoisotopic (exact) mass is 395 g/mol. The highest BCUT2D eigenvalue weighted by Gasteiger charge is 2.28. The molecule has 1 aliphatic heterocycles. The van der Waals surface area contributed by atoms with Gasteiger partial charge in [-0.15, -0.1) is 0 Å². The molecule has 7 nitrogen and oxygen atoms in total. The van der Waals surface area contributed by atoms with Gasteiger partial charge in [-0.05, 0) is 36.4 Å². The minimum absolute atomic E-state index is 0.0777. The van der Waals surface area contributed by atoms with Gasteiger partial charge >= 0.3 is 5.97 Å². The van der Waals surface area contributed by atoms with Crippen molar-refractivity contribution in [1.82, 2.24) is 0 Å². The zero-order valence-corrected chi connectivity index (χ0v) is 15.1. The number of benzene rings is 2. The quantitative estimate of drug-likeness (QED) is 0.614. The number of ether oxygens (including phenoxy) is 3. The Labute approximate surface area is 155 Å². The Morgan fingerprint density at radius 1 is 1.15 bits per heavy atom. The molecule has 0 fully saturated rings. The molecule has 9 heteroatoms. The first-order chi connectivity index (χ1) is 12.4. The van der Waals surface area contributed by atoms with Crippen molar-refractivity contribution in [1.29, 1.82) is 0 Å². The van der Waals surface area contributed by atoms with E-state index in [0.29, 0.717) is 22.2 Å².